The summed E-state index contributed by atoms with van der Waals surface area (Å²) in [6.07, 6.45) is 0. The summed E-state index contributed by atoms with van der Waals surface area (Å²) >= 11 is 12.9. The maximum Gasteiger partial charge on any atom is 0.126 e. The fourth-order valence-electron chi connectivity index (χ4n) is 1.84. The van der Waals surface area contributed by atoms with E-state index in [-0.39, 0.29) is 0 Å². The summed E-state index contributed by atoms with van der Waals surface area (Å²) in [4.78, 5) is 0. The molecule has 0 saturated carbocycles. The van der Waals surface area contributed by atoms with Gasteiger partial charge < -0.3 is 4.74 Å². The molecule has 19 heavy (non-hydrogen) atoms. The molecule has 0 aliphatic rings. The second kappa shape index (κ2) is 6.78. The number of ether oxygens (including phenoxy) is 1. The SMILES string of the molecule is Cc1cc(Br)cc(CBr)c1OCc1ccc(Cl)cc1. The molecule has 0 spiro atoms. The van der Waals surface area contributed by atoms with Crippen molar-refractivity contribution in [2.45, 2.75) is 18.9 Å². The molecule has 0 aromatic heterocycles. The molecule has 0 bridgehead atoms. The first-order chi connectivity index (χ1) is 9.10. The predicted molar refractivity (Wildman–Crippen MR) is 87.3 cm³/mol. The highest BCUT2D eigenvalue weighted by Crippen LogP contribution is 2.30. The Hall–Kier alpha value is -0.510. The molecule has 2 aromatic carbocycles. The number of benzene rings is 2. The zero-order chi connectivity index (χ0) is 13.8. The highest BCUT2D eigenvalue weighted by atomic mass is 79.9. The molecule has 1 nitrogen and oxygen atoms in total. The molecule has 0 aliphatic carbocycles. The molecule has 2 aromatic rings. The van der Waals surface area contributed by atoms with Crippen LogP contribution in [-0.4, -0.2) is 0 Å². The van der Waals surface area contributed by atoms with Crippen LogP contribution >= 0.6 is 43.5 Å². The fourth-order valence-corrected chi connectivity index (χ4v) is 3.00. The lowest BCUT2D eigenvalue weighted by Gasteiger charge is -2.14. The number of halogens is 3. The predicted octanol–water partition coefficient (Wildman–Crippen LogP) is 5.88. The Morgan fingerprint density at radius 2 is 1.84 bits per heavy atom. The van der Waals surface area contributed by atoms with Gasteiger partial charge in [0, 0.05) is 20.4 Å². The quantitative estimate of drug-likeness (QED) is 0.578. The highest BCUT2D eigenvalue weighted by Gasteiger charge is 2.08. The minimum atomic E-state index is 0.541. The van der Waals surface area contributed by atoms with Gasteiger partial charge in [0.15, 0.2) is 0 Å². The van der Waals surface area contributed by atoms with E-state index in [9.17, 15) is 0 Å². The Bertz CT molecular complexity index is 567. The van der Waals surface area contributed by atoms with Gasteiger partial charge in [-0.2, -0.15) is 0 Å². The molecular formula is C15H13Br2ClO. The lowest BCUT2D eigenvalue weighted by molar-refractivity contribution is 0.302. The molecule has 0 radical (unpaired) electrons. The zero-order valence-electron chi connectivity index (χ0n) is 10.4. The lowest BCUT2D eigenvalue weighted by atomic mass is 10.1. The van der Waals surface area contributed by atoms with Gasteiger partial charge in [-0.3, -0.25) is 0 Å². The first-order valence-electron chi connectivity index (χ1n) is 5.82. The largest absolute Gasteiger partial charge is 0.488 e. The van der Waals surface area contributed by atoms with Gasteiger partial charge in [0.05, 0.1) is 0 Å². The van der Waals surface area contributed by atoms with E-state index >= 15 is 0 Å². The van der Waals surface area contributed by atoms with E-state index in [2.05, 4.69) is 44.0 Å². The first-order valence-corrected chi connectivity index (χ1v) is 8.11. The van der Waals surface area contributed by atoms with Crippen molar-refractivity contribution in [1.29, 1.82) is 0 Å². The topological polar surface area (TPSA) is 9.23 Å². The summed E-state index contributed by atoms with van der Waals surface area (Å²) in [6, 6.07) is 11.8. The summed E-state index contributed by atoms with van der Waals surface area (Å²) < 4.78 is 7.01. The van der Waals surface area contributed by atoms with Crippen molar-refractivity contribution < 1.29 is 4.74 Å². The van der Waals surface area contributed by atoms with Crippen LogP contribution in [0, 0.1) is 6.92 Å². The first kappa shape index (κ1) is 14.9. The molecule has 0 fully saturated rings. The van der Waals surface area contributed by atoms with E-state index in [1.165, 1.54) is 0 Å². The van der Waals surface area contributed by atoms with Crippen LogP contribution in [0.15, 0.2) is 40.9 Å². The molecular weight excluding hydrogens is 391 g/mol. The Kier molecular flexibility index (Phi) is 5.31. The molecule has 4 heteroatoms. The molecule has 0 N–H and O–H groups in total. The van der Waals surface area contributed by atoms with Crippen molar-refractivity contribution in [3.63, 3.8) is 0 Å². The minimum absolute atomic E-state index is 0.541. The second-order valence-corrected chi connectivity index (χ2v) is 6.17. The third-order valence-electron chi connectivity index (χ3n) is 2.76. The van der Waals surface area contributed by atoms with Crippen molar-refractivity contribution >= 4 is 43.5 Å². The van der Waals surface area contributed by atoms with Gasteiger partial charge in [-0.15, -0.1) is 0 Å². The lowest BCUT2D eigenvalue weighted by Crippen LogP contribution is -2.00. The molecule has 0 unspecified atom stereocenters. The molecule has 0 heterocycles. The van der Waals surface area contributed by atoms with Crippen LogP contribution in [0.3, 0.4) is 0 Å². The standard InChI is InChI=1S/C15H13Br2ClO/c1-10-6-13(17)7-12(8-16)15(10)19-9-11-2-4-14(18)5-3-11/h2-7H,8-9H2,1H3. The number of aryl methyl sites for hydroxylation is 1. The van der Waals surface area contributed by atoms with Crippen LogP contribution in [0.2, 0.25) is 5.02 Å². The molecule has 0 saturated heterocycles. The second-order valence-electron chi connectivity index (χ2n) is 4.26. The Balaban J connectivity index is 2.17. The Morgan fingerprint density at radius 3 is 2.47 bits per heavy atom. The van der Waals surface area contributed by atoms with Gasteiger partial charge in [-0.05, 0) is 42.3 Å². The smallest absolute Gasteiger partial charge is 0.126 e. The van der Waals surface area contributed by atoms with Gasteiger partial charge in [0.1, 0.15) is 12.4 Å². The molecule has 2 rings (SSSR count). The number of alkyl halides is 1. The van der Waals surface area contributed by atoms with Gasteiger partial charge in [0.25, 0.3) is 0 Å². The monoisotopic (exact) mass is 402 g/mol. The molecule has 100 valence electrons. The Morgan fingerprint density at radius 1 is 1.16 bits per heavy atom. The van der Waals surface area contributed by atoms with Crippen LogP contribution in [0.1, 0.15) is 16.7 Å². The fraction of sp³-hybridized carbons (Fsp3) is 0.200. The molecule has 0 amide bonds. The van der Waals surface area contributed by atoms with Gasteiger partial charge >= 0.3 is 0 Å². The van der Waals surface area contributed by atoms with Crippen LogP contribution in [0.25, 0.3) is 0 Å². The maximum atomic E-state index is 5.95. The normalized spacial score (nSPS) is 10.5. The molecule has 0 atom stereocenters. The van der Waals surface area contributed by atoms with Gasteiger partial charge in [-0.1, -0.05) is 55.6 Å². The third kappa shape index (κ3) is 3.98. The van der Waals surface area contributed by atoms with Crippen LogP contribution < -0.4 is 4.74 Å². The third-order valence-corrected chi connectivity index (χ3v) is 4.07. The van der Waals surface area contributed by atoms with E-state index in [1.54, 1.807) is 0 Å². The van der Waals surface area contributed by atoms with Gasteiger partial charge in [-0.25, -0.2) is 0 Å². The summed E-state index contributed by atoms with van der Waals surface area (Å²) in [7, 11) is 0. The van der Waals surface area contributed by atoms with Crippen LogP contribution in [0.4, 0.5) is 0 Å². The van der Waals surface area contributed by atoms with Crippen molar-refractivity contribution in [1.82, 2.24) is 0 Å². The maximum absolute atomic E-state index is 5.95. The zero-order valence-corrected chi connectivity index (χ0v) is 14.3. The van der Waals surface area contributed by atoms with Gasteiger partial charge in [0.2, 0.25) is 0 Å². The van der Waals surface area contributed by atoms with E-state index in [4.69, 9.17) is 16.3 Å². The number of hydrogen-bond donors (Lipinski definition) is 0. The molecule has 0 aliphatic heterocycles. The van der Waals surface area contributed by atoms with Crippen molar-refractivity contribution in [2.24, 2.45) is 0 Å². The Labute approximate surface area is 135 Å². The van der Waals surface area contributed by atoms with Crippen molar-refractivity contribution in [3.8, 4) is 5.75 Å². The summed E-state index contributed by atoms with van der Waals surface area (Å²) in [5.41, 5.74) is 3.37. The highest BCUT2D eigenvalue weighted by molar-refractivity contribution is 9.10. The summed E-state index contributed by atoms with van der Waals surface area (Å²) in [6.45, 7) is 2.59. The van der Waals surface area contributed by atoms with Crippen LogP contribution in [0.5, 0.6) is 5.75 Å². The van der Waals surface area contributed by atoms with Crippen molar-refractivity contribution in [3.05, 3.63) is 62.6 Å². The average Bonchev–Trinajstić information content (AvgIpc) is 2.39. The number of rotatable bonds is 4. The van der Waals surface area contributed by atoms with E-state index in [0.29, 0.717) is 6.61 Å². The minimum Gasteiger partial charge on any atom is -0.488 e. The van der Waals surface area contributed by atoms with Crippen molar-refractivity contribution in [2.75, 3.05) is 0 Å². The summed E-state index contributed by atoms with van der Waals surface area (Å²) in [5, 5.41) is 1.51. The van der Waals surface area contributed by atoms with E-state index in [1.807, 2.05) is 31.2 Å². The number of hydrogen-bond acceptors (Lipinski definition) is 1. The van der Waals surface area contributed by atoms with E-state index < -0.39 is 0 Å². The van der Waals surface area contributed by atoms with E-state index in [0.717, 1.165) is 37.3 Å². The van der Waals surface area contributed by atoms with Crippen LogP contribution in [-0.2, 0) is 11.9 Å². The average molecular weight is 405 g/mol. The summed E-state index contributed by atoms with van der Waals surface area (Å²) in [5.74, 6) is 0.940.